The van der Waals surface area contributed by atoms with E-state index in [2.05, 4.69) is 28.7 Å². The number of benzene rings is 1. The van der Waals surface area contributed by atoms with E-state index in [0.29, 0.717) is 0 Å². The maximum atomic E-state index is 6.20. The van der Waals surface area contributed by atoms with Crippen LogP contribution in [0.5, 0.6) is 0 Å². The molecule has 4 heteroatoms. The van der Waals surface area contributed by atoms with Crippen molar-refractivity contribution in [2.75, 3.05) is 6.54 Å². The first-order valence-electron chi connectivity index (χ1n) is 5.99. The molecule has 2 aromatic rings. The first-order chi connectivity index (χ1) is 8.15. The zero-order valence-electron chi connectivity index (χ0n) is 10.5. The number of aromatic nitrogens is 2. The first kappa shape index (κ1) is 12.4. The fourth-order valence-electron chi connectivity index (χ4n) is 2.08. The van der Waals surface area contributed by atoms with Crippen molar-refractivity contribution < 1.29 is 0 Å². The smallest absolute Gasteiger partial charge is 0.126 e. The summed E-state index contributed by atoms with van der Waals surface area (Å²) < 4.78 is 2.07. The van der Waals surface area contributed by atoms with Crippen molar-refractivity contribution in [1.29, 1.82) is 0 Å². The van der Waals surface area contributed by atoms with E-state index in [1.54, 1.807) is 0 Å². The van der Waals surface area contributed by atoms with Gasteiger partial charge in [0, 0.05) is 7.05 Å². The Balaban J connectivity index is 2.42. The van der Waals surface area contributed by atoms with Crippen LogP contribution in [0, 0.1) is 0 Å². The molecule has 17 heavy (non-hydrogen) atoms. The predicted octanol–water partition coefficient (Wildman–Crippen LogP) is 3.29. The average Bonchev–Trinajstić information content (AvgIpc) is 2.65. The van der Waals surface area contributed by atoms with Gasteiger partial charge in [0.1, 0.15) is 5.82 Å². The molecular weight excluding hydrogens is 234 g/mol. The Morgan fingerprint density at radius 2 is 2.24 bits per heavy atom. The van der Waals surface area contributed by atoms with E-state index in [4.69, 9.17) is 11.6 Å². The van der Waals surface area contributed by atoms with E-state index in [0.717, 1.165) is 34.8 Å². The minimum absolute atomic E-state index is 0.239. The first-order valence-corrected chi connectivity index (χ1v) is 6.37. The Morgan fingerprint density at radius 3 is 2.88 bits per heavy atom. The molecule has 1 aromatic heterocycles. The number of rotatable bonds is 4. The van der Waals surface area contributed by atoms with Gasteiger partial charge in [-0.15, -0.1) is 0 Å². The molecule has 1 aromatic carbocycles. The van der Waals surface area contributed by atoms with Crippen molar-refractivity contribution in [1.82, 2.24) is 14.9 Å². The highest BCUT2D eigenvalue weighted by molar-refractivity contribution is 6.35. The van der Waals surface area contributed by atoms with Crippen molar-refractivity contribution in [3.05, 3.63) is 29.0 Å². The van der Waals surface area contributed by atoms with Gasteiger partial charge in [0.2, 0.25) is 0 Å². The van der Waals surface area contributed by atoms with Gasteiger partial charge in [-0.05, 0) is 32.0 Å². The van der Waals surface area contributed by atoms with Gasteiger partial charge in [0.25, 0.3) is 0 Å². The summed E-state index contributed by atoms with van der Waals surface area (Å²) in [5, 5.41) is 4.20. The SMILES string of the molecule is CCCNC(C)c1nc2cccc(Cl)c2n1C. The van der Waals surface area contributed by atoms with Crippen molar-refractivity contribution >= 4 is 22.6 Å². The molecule has 3 nitrogen and oxygen atoms in total. The summed E-state index contributed by atoms with van der Waals surface area (Å²) in [6.07, 6.45) is 1.12. The fraction of sp³-hybridized carbons (Fsp3) is 0.462. The van der Waals surface area contributed by atoms with Crippen molar-refractivity contribution in [3.8, 4) is 0 Å². The third-order valence-corrected chi connectivity index (χ3v) is 3.27. The molecule has 2 rings (SSSR count). The lowest BCUT2D eigenvalue weighted by Crippen LogP contribution is -2.22. The van der Waals surface area contributed by atoms with Crippen LogP contribution in [0.1, 0.15) is 32.1 Å². The normalized spacial score (nSPS) is 13.2. The zero-order chi connectivity index (χ0) is 12.4. The molecule has 1 atom stereocenters. The fourth-order valence-corrected chi connectivity index (χ4v) is 2.37. The lowest BCUT2D eigenvalue weighted by Gasteiger charge is -2.13. The highest BCUT2D eigenvalue weighted by Crippen LogP contribution is 2.25. The largest absolute Gasteiger partial charge is 0.329 e. The number of fused-ring (bicyclic) bond motifs is 1. The Hall–Kier alpha value is -1.06. The number of para-hydroxylation sites is 1. The number of nitrogens with zero attached hydrogens (tertiary/aromatic N) is 2. The second kappa shape index (κ2) is 5.07. The van der Waals surface area contributed by atoms with E-state index in [1.807, 2.05) is 25.2 Å². The molecule has 1 heterocycles. The molecule has 0 radical (unpaired) electrons. The lowest BCUT2D eigenvalue weighted by atomic mass is 10.3. The molecule has 0 amide bonds. The van der Waals surface area contributed by atoms with Crippen LogP contribution in [0.4, 0.5) is 0 Å². The minimum Gasteiger partial charge on any atom is -0.329 e. The van der Waals surface area contributed by atoms with Crippen LogP contribution in [0.25, 0.3) is 11.0 Å². The highest BCUT2D eigenvalue weighted by Gasteiger charge is 2.15. The highest BCUT2D eigenvalue weighted by atomic mass is 35.5. The van der Waals surface area contributed by atoms with E-state index in [9.17, 15) is 0 Å². The quantitative estimate of drug-likeness (QED) is 0.904. The van der Waals surface area contributed by atoms with Gasteiger partial charge in [0.05, 0.1) is 22.1 Å². The van der Waals surface area contributed by atoms with Crippen LogP contribution in [0.15, 0.2) is 18.2 Å². The Bertz CT molecular complexity index is 519. The maximum absolute atomic E-state index is 6.20. The molecule has 0 aliphatic heterocycles. The topological polar surface area (TPSA) is 29.9 Å². The summed E-state index contributed by atoms with van der Waals surface area (Å²) in [7, 11) is 2.01. The summed E-state index contributed by atoms with van der Waals surface area (Å²) in [5.74, 6) is 1.03. The van der Waals surface area contributed by atoms with Crippen LogP contribution in [-0.4, -0.2) is 16.1 Å². The Morgan fingerprint density at radius 1 is 1.47 bits per heavy atom. The second-order valence-corrected chi connectivity index (χ2v) is 4.72. The number of hydrogen-bond donors (Lipinski definition) is 1. The zero-order valence-corrected chi connectivity index (χ0v) is 11.3. The second-order valence-electron chi connectivity index (χ2n) is 4.31. The molecule has 92 valence electrons. The van der Waals surface area contributed by atoms with Gasteiger partial charge in [-0.2, -0.15) is 0 Å². The summed E-state index contributed by atoms with van der Waals surface area (Å²) in [6, 6.07) is 6.07. The molecule has 0 saturated carbocycles. The van der Waals surface area contributed by atoms with Crippen molar-refractivity contribution in [2.24, 2.45) is 7.05 Å². The predicted molar refractivity (Wildman–Crippen MR) is 72.4 cm³/mol. The molecular formula is C13H18ClN3. The van der Waals surface area contributed by atoms with Gasteiger partial charge in [-0.25, -0.2) is 4.98 Å². The van der Waals surface area contributed by atoms with E-state index >= 15 is 0 Å². The summed E-state index contributed by atoms with van der Waals surface area (Å²) in [6.45, 7) is 5.29. The molecule has 0 bridgehead atoms. The number of hydrogen-bond acceptors (Lipinski definition) is 2. The average molecular weight is 252 g/mol. The van der Waals surface area contributed by atoms with Crippen LogP contribution in [0.3, 0.4) is 0 Å². The number of halogens is 1. The van der Waals surface area contributed by atoms with E-state index in [-0.39, 0.29) is 6.04 Å². The number of nitrogens with one attached hydrogen (secondary N) is 1. The maximum Gasteiger partial charge on any atom is 0.126 e. The summed E-state index contributed by atoms with van der Waals surface area (Å²) >= 11 is 6.20. The van der Waals surface area contributed by atoms with Gasteiger partial charge >= 0.3 is 0 Å². The van der Waals surface area contributed by atoms with Crippen molar-refractivity contribution in [3.63, 3.8) is 0 Å². The number of aryl methyl sites for hydroxylation is 1. The van der Waals surface area contributed by atoms with E-state index in [1.165, 1.54) is 0 Å². The Kier molecular flexibility index (Phi) is 3.69. The standard InChI is InChI=1S/C13H18ClN3/c1-4-8-15-9(2)13-16-11-7-5-6-10(14)12(11)17(13)3/h5-7,9,15H,4,8H2,1-3H3. The molecule has 0 spiro atoms. The monoisotopic (exact) mass is 251 g/mol. The summed E-state index contributed by atoms with van der Waals surface area (Å²) in [4.78, 5) is 4.64. The van der Waals surface area contributed by atoms with Crippen LogP contribution in [0.2, 0.25) is 5.02 Å². The lowest BCUT2D eigenvalue weighted by molar-refractivity contribution is 0.532. The van der Waals surface area contributed by atoms with Crippen LogP contribution < -0.4 is 5.32 Å². The van der Waals surface area contributed by atoms with Crippen LogP contribution >= 0.6 is 11.6 Å². The van der Waals surface area contributed by atoms with E-state index < -0.39 is 0 Å². The molecule has 0 fully saturated rings. The van der Waals surface area contributed by atoms with Gasteiger partial charge in [-0.1, -0.05) is 24.6 Å². The molecule has 1 unspecified atom stereocenters. The molecule has 0 aliphatic rings. The molecule has 0 saturated heterocycles. The molecule has 0 aliphatic carbocycles. The third-order valence-electron chi connectivity index (χ3n) is 2.97. The summed E-state index contributed by atoms with van der Waals surface area (Å²) in [5.41, 5.74) is 1.97. The minimum atomic E-state index is 0.239. The van der Waals surface area contributed by atoms with Crippen molar-refractivity contribution in [2.45, 2.75) is 26.3 Å². The number of imidazole rings is 1. The van der Waals surface area contributed by atoms with Gasteiger partial charge in [-0.3, -0.25) is 0 Å². The van der Waals surface area contributed by atoms with Gasteiger partial charge < -0.3 is 9.88 Å². The third kappa shape index (κ3) is 2.31. The van der Waals surface area contributed by atoms with Gasteiger partial charge in [0.15, 0.2) is 0 Å². The molecule has 1 N–H and O–H groups in total. The van der Waals surface area contributed by atoms with Crippen LogP contribution in [-0.2, 0) is 7.05 Å². The Labute approximate surface area is 107 Å².